The molecule has 0 nitrogen and oxygen atoms in total. The standard InChI is InChI=1S/C57H38/c1-57(2)51-32-16-31-39(54(51)55-44-25-9-7-22-41(44)42-23-8-14-30-49(42)56(55)57)35-18-15-19-37(33-35)52-45-26-10-12-28-47(45)53(48-29-13-11-27-46(48)52)50-34-36-17-3-4-20-38(36)40-21-5-6-24-43(40)50/h3-34H,1-2H3. The summed E-state index contributed by atoms with van der Waals surface area (Å²) in [5.74, 6) is 0. The van der Waals surface area contributed by atoms with E-state index in [1.807, 2.05) is 0 Å². The minimum absolute atomic E-state index is 0.156. The summed E-state index contributed by atoms with van der Waals surface area (Å²) in [6.07, 6.45) is 0. The van der Waals surface area contributed by atoms with Gasteiger partial charge in [-0.3, -0.25) is 0 Å². The van der Waals surface area contributed by atoms with Gasteiger partial charge in [-0.05, 0) is 132 Å². The second kappa shape index (κ2) is 12.0. The van der Waals surface area contributed by atoms with E-state index in [9.17, 15) is 0 Å². The predicted molar refractivity (Wildman–Crippen MR) is 245 cm³/mol. The molecule has 0 bridgehead atoms. The van der Waals surface area contributed by atoms with Gasteiger partial charge >= 0.3 is 0 Å². The second-order valence-electron chi connectivity index (χ2n) is 16.3. The molecule has 0 N–H and O–H groups in total. The van der Waals surface area contributed by atoms with Gasteiger partial charge < -0.3 is 0 Å². The van der Waals surface area contributed by atoms with Crippen LogP contribution in [0.2, 0.25) is 0 Å². The number of benzene rings is 11. The maximum absolute atomic E-state index is 2.45. The normalized spacial score (nSPS) is 13.2. The maximum Gasteiger partial charge on any atom is 0.0165 e. The molecule has 0 heteroatoms. The van der Waals surface area contributed by atoms with Crippen LogP contribution < -0.4 is 0 Å². The Morgan fingerprint density at radius 1 is 0.281 bits per heavy atom. The first-order valence-corrected chi connectivity index (χ1v) is 20.1. The molecule has 11 aromatic carbocycles. The van der Waals surface area contributed by atoms with Gasteiger partial charge in [0.25, 0.3) is 0 Å². The molecular formula is C57H38. The van der Waals surface area contributed by atoms with Crippen LogP contribution in [0.15, 0.2) is 194 Å². The molecular weight excluding hydrogens is 685 g/mol. The maximum atomic E-state index is 2.45. The van der Waals surface area contributed by atoms with Gasteiger partial charge in [0, 0.05) is 5.41 Å². The molecule has 0 amide bonds. The van der Waals surface area contributed by atoms with Gasteiger partial charge in [-0.25, -0.2) is 0 Å². The van der Waals surface area contributed by atoms with Crippen LogP contribution in [0.5, 0.6) is 0 Å². The van der Waals surface area contributed by atoms with Crippen molar-refractivity contribution < 1.29 is 0 Å². The lowest BCUT2D eigenvalue weighted by atomic mass is 9.79. The third kappa shape index (κ3) is 4.50. The molecule has 0 unspecified atom stereocenters. The Kier molecular flexibility index (Phi) is 6.78. The van der Waals surface area contributed by atoms with Crippen LogP contribution in [0.1, 0.15) is 25.0 Å². The highest BCUT2D eigenvalue weighted by Gasteiger charge is 2.39. The Balaban J connectivity index is 1.13. The molecule has 0 saturated carbocycles. The van der Waals surface area contributed by atoms with Gasteiger partial charge in [-0.2, -0.15) is 0 Å². The van der Waals surface area contributed by atoms with Crippen LogP contribution in [0.25, 0.3) is 109 Å². The molecule has 0 heterocycles. The van der Waals surface area contributed by atoms with E-state index in [0.717, 1.165) is 0 Å². The van der Waals surface area contributed by atoms with Crippen LogP contribution in [0, 0.1) is 0 Å². The first-order chi connectivity index (χ1) is 28.1. The minimum atomic E-state index is -0.156. The molecule has 0 radical (unpaired) electrons. The van der Waals surface area contributed by atoms with Crippen LogP contribution in [0.3, 0.4) is 0 Å². The molecule has 0 saturated heterocycles. The first-order valence-electron chi connectivity index (χ1n) is 20.1. The molecule has 266 valence electrons. The second-order valence-corrected chi connectivity index (χ2v) is 16.3. The third-order valence-corrected chi connectivity index (χ3v) is 13.0. The molecule has 0 aliphatic heterocycles. The van der Waals surface area contributed by atoms with Crippen molar-refractivity contribution in [2.75, 3.05) is 0 Å². The Hall–Kier alpha value is -7.02. The highest BCUT2D eigenvalue weighted by molar-refractivity contribution is 6.26. The lowest BCUT2D eigenvalue weighted by Crippen LogP contribution is -2.15. The van der Waals surface area contributed by atoms with Crippen LogP contribution in [0.4, 0.5) is 0 Å². The average molecular weight is 723 g/mol. The fraction of sp³-hybridized carbons (Fsp3) is 0.0526. The largest absolute Gasteiger partial charge is 0.0616 e. The average Bonchev–Trinajstić information content (AvgIpc) is 3.52. The van der Waals surface area contributed by atoms with Gasteiger partial charge in [0.1, 0.15) is 0 Å². The van der Waals surface area contributed by atoms with Gasteiger partial charge in [0.15, 0.2) is 0 Å². The topological polar surface area (TPSA) is 0 Å². The van der Waals surface area contributed by atoms with Crippen molar-refractivity contribution in [2.24, 2.45) is 0 Å². The number of fused-ring (bicyclic) bond motifs is 13. The lowest BCUT2D eigenvalue weighted by molar-refractivity contribution is 0.666. The molecule has 0 spiro atoms. The molecule has 11 aromatic rings. The van der Waals surface area contributed by atoms with Crippen LogP contribution >= 0.6 is 0 Å². The summed E-state index contributed by atoms with van der Waals surface area (Å²) in [5, 5.41) is 15.5. The summed E-state index contributed by atoms with van der Waals surface area (Å²) in [6, 6.07) is 72.5. The van der Waals surface area contributed by atoms with E-state index in [1.165, 1.54) is 120 Å². The van der Waals surface area contributed by atoms with E-state index >= 15 is 0 Å². The zero-order valence-electron chi connectivity index (χ0n) is 32.0. The molecule has 0 atom stereocenters. The van der Waals surface area contributed by atoms with E-state index in [1.54, 1.807) is 0 Å². The molecule has 0 aromatic heterocycles. The van der Waals surface area contributed by atoms with Gasteiger partial charge in [0.05, 0.1) is 0 Å². The Morgan fingerprint density at radius 2 is 0.737 bits per heavy atom. The van der Waals surface area contributed by atoms with Gasteiger partial charge in [0.2, 0.25) is 0 Å². The quantitative estimate of drug-likeness (QED) is 0.126. The summed E-state index contributed by atoms with van der Waals surface area (Å²) < 4.78 is 0. The number of rotatable bonds is 3. The highest BCUT2D eigenvalue weighted by Crippen LogP contribution is 2.57. The van der Waals surface area contributed by atoms with Gasteiger partial charge in [-0.15, -0.1) is 0 Å². The first kappa shape index (κ1) is 32.2. The molecule has 1 aliphatic rings. The van der Waals surface area contributed by atoms with Crippen LogP contribution in [-0.2, 0) is 5.41 Å². The van der Waals surface area contributed by atoms with Crippen LogP contribution in [-0.4, -0.2) is 0 Å². The Bertz CT molecular complexity index is 3430. The Labute approximate surface area is 332 Å². The molecule has 57 heavy (non-hydrogen) atoms. The summed E-state index contributed by atoms with van der Waals surface area (Å²) in [5.41, 5.74) is 13.0. The lowest BCUT2D eigenvalue weighted by Gasteiger charge is -2.24. The predicted octanol–water partition coefficient (Wildman–Crippen LogP) is 15.9. The smallest absolute Gasteiger partial charge is 0.0165 e. The van der Waals surface area contributed by atoms with Gasteiger partial charge in [-0.1, -0.05) is 196 Å². The SMILES string of the molecule is CC1(C)c2cccc(-c3cccc(-c4c5ccccc5c(-c5cc6ccccc6c6ccccc56)c5ccccc45)c3)c2-c2c1c1ccccc1c1ccccc21. The summed E-state index contributed by atoms with van der Waals surface area (Å²) in [7, 11) is 0. The van der Waals surface area contributed by atoms with Crippen molar-refractivity contribution in [3.63, 3.8) is 0 Å². The summed E-state index contributed by atoms with van der Waals surface area (Å²) >= 11 is 0. The van der Waals surface area contributed by atoms with Crippen molar-refractivity contribution in [3.05, 3.63) is 205 Å². The summed E-state index contributed by atoms with van der Waals surface area (Å²) in [4.78, 5) is 0. The van der Waals surface area contributed by atoms with Crippen molar-refractivity contribution in [1.82, 2.24) is 0 Å². The van der Waals surface area contributed by atoms with Crippen molar-refractivity contribution >= 4 is 64.6 Å². The number of hydrogen-bond acceptors (Lipinski definition) is 0. The van der Waals surface area contributed by atoms with E-state index in [2.05, 4.69) is 208 Å². The summed E-state index contributed by atoms with van der Waals surface area (Å²) in [6.45, 7) is 4.83. The highest BCUT2D eigenvalue weighted by atomic mass is 14.4. The van der Waals surface area contributed by atoms with Crippen molar-refractivity contribution in [1.29, 1.82) is 0 Å². The van der Waals surface area contributed by atoms with E-state index in [0.29, 0.717) is 0 Å². The minimum Gasteiger partial charge on any atom is -0.0616 e. The molecule has 1 aliphatic carbocycles. The zero-order valence-corrected chi connectivity index (χ0v) is 32.0. The van der Waals surface area contributed by atoms with E-state index < -0.39 is 0 Å². The number of hydrogen-bond donors (Lipinski definition) is 0. The molecule has 0 fully saturated rings. The fourth-order valence-electron chi connectivity index (χ4n) is 10.6. The van der Waals surface area contributed by atoms with Crippen molar-refractivity contribution in [3.8, 4) is 44.5 Å². The third-order valence-electron chi connectivity index (χ3n) is 13.0. The monoisotopic (exact) mass is 722 g/mol. The van der Waals surface area contributed by atoms with E-state index in [4.69, 9.17) is 0 Å². The Morgan fingerprint density at radius 3 is 1.39 bits per heavy atom. The molecule has 12 rings (SSSR count). The zero-order chi connectivity index (χ0) is 37.8. The fourth-order valence-corrected chi connectivity index (χ4v) is 10.6. The van der Waals surface area contributed by atoms with Crippen molar-refractivity contribution in [2.45, 2.75) is 19.3 Å². The van der Waals surface area contributed by atoms with E-state index in [-0.39, 0.29) is 5.41 Å².